The lowest BCUT2D eigenvalue weighted by atomic mass is 10.0. The molecule has 1 N–H and O–H groups in total. The van der Waals surface area contributed by atoms with Crippen LogP contribution < -0.4 is 5.32 Å². The number of halogens is 3. The van der Waals surface area contributed by atoms with Gasteiger partial charge in [0.25, 0.3) is 0 Å². The summed E-state index contributed by atoms with van der Waals surface area (Å²) in [6.07, 6.45) is 3.06. The van der Waals surface area contributed by atoms with Gasteiger partial charge in [0, 0.05) is 7.05 Å². The Hall–Kier alpha value is -1.46. The minimum atomic E-state index is -0.838. The van der Waals surface area contributed by atoms with Gasteiger partial charge in [0.15, 0.2) is 11.6 Å². The molecule has 0 radical (unpaired) electrons. The maximum Gasteiger partial charge on any atom is 0.159 e. The van der Waals surface area contributed by atoms with Crippen LogP contribution in [0.2, 0.25) is 5.02 Å². The summed E-state index contributed by atoms with van der Waals surface area (Å²) in [5.41, 5.74) is 1.55. The Morgan fingerprint density at radius 1 is 1.33 bits per heavy atom. The van der Waals surface area contributed by atoms with Crippen LogP contribution in [0.1, 0.15) is 30.6 Å². The Labute approximate surface area is 127 Å². The number of nitrogens with one attached hydrogen (secondary N) is 1. The number of aromatic nitrogens is 2. The van der Waals surface area contributed by atoms with Crippen LogP contribution in [0.25, 0.3) is 0 Å². The number of hydrogen-bond donors (Lipinski definition) is 1. The third-order valence-electron chi connectivity index (χ3n) is 3.33. The lowest BCUT2D eigenvalue weighted by molar-refractivity contribution is 0.485. The Bertz CT molecular complexity index is 593. The standard InChI is InChI=1S/C15H18ClF2N3/c1-3-6-19-14(15-11(16)9-20-21(15)2)8-10-4-5-12(17)13(18)7-10/h4-5,7,9,14,19H,3,6,8H2,1-2H3. The number of hydrogen-bond acceptors (Lipinski definition) is 2. The predicted octanol–water partition coefficient (Wildman–Crippen LogP) is 3.64. The highest BCUT2D eigenvalue weighted by atomic mass is 35.5. The van der Waals surface area contributed by atoms with Crippen molar-refractivity contribution in [2.24, 2.45) is 7.05 Å². The summed E-state index contributed by atoms with van der Waals surface area (Å²) in [7, 11) is 1.81. The molecule has 2 aromatic rings. The topological polar surface area (TPSA) is 29.9 Å². The summed E-state index contributed by atoms with van der Waals surface area (Å²) < 4.78 is 28.1. The number of aryl methyl sites for hydroxylation is 1. The van der Waals surface area contributed by atoms with Gasteiger partial charge >= 0.3 is 0 Å². The average molecular weight is 314 g/mol. The first kappa shape index (κ1) is 15.9. The summed E-state index contributed by atoms with van der Waals surface area (Å²) in [6, 6.07) is 3.85. The van der Waals surface area contributed by atoms with Gasteiger partial charge in [-0.15, -0.1) is 0 Å². The summed E-state index contributed by atoms with van der Waals surface area (Å²) in [5.74, 6) is -1.67. The number of rotatable bonds is 6. The molecule has 1 unspecified atom stereocenters. The summed E-state index contributed by atoms with van der Waals surface area (Å²) in [6.45, 7) is 2.86. The molecule has 0 spiro atoms. The van der Waals surface area contributed by atoms with E-state index in [0.29, 0.717) is 17.0 Å². The van der Waals surface area contributed by atoms with Gasteiger partial charge in [0.05, 0.1) is 23.0 Å². The molecule has 21 heavy (non-hydrogen) atoms. The molecule has 6 heteroatoms. The molecule has 1 heterocycles. The quantitative estimate of drug-likeness (QED) is 0.882. The van der Waals surface area contributed by atoms with Gasteiger partial charge in [-0.25, -0.2) is 8.78 Å². The van der Waals surface area contributed by atoms with E-state index < -0.39 is 11.6 Å². The van der Waals surface area contributed by atoms with E-state index in [4.69, 9.17) is 11.6 Å². The van der Waals surface area contributed by atoms with Crippen LogP contribution in [0.3, 0.4) is 0 Å². The molecule has 0 amide bonds. The van der Waals surface area contributed by atoms with E-state index in [2.05, 4.69) is 17.3 Å². The number of benzene rings is 1. The first-order chi connectivity index (χ1) is 10.0. The van der Waals surface area contributed by atoms with Gasteiger partial charge in [-0.05, 0) is 37.1 Å². The fraction of sp³-hybridized carbons (Fsp3) is 0.400. The van der Waals surface area contributed by atoms with Crippen molar-refractivity contribution < 1.29 is 8.78 Å². The minimum absolute atomic E-state index is 0.102. The maximum atomic E-state index is 13.3. The van der Waals surface area contributed by atoms with E-state index >= 15 is 0 Å². The summed E-state index contributed by atoms with van der Waals surface area (Å²) >= 11 is 6.18. The van der Waals surface area contributed by atoms with Gasteiger partial charge < -0.3 is 5.32 Å². The minimum Gasteiger partial charge on any atom is -0.308 e. The zero-order valence-electron chi connectivity index (χ0n) is 12.0. The molecule has 3 nitrogen and oxygen atoms in total. The smallest absolute Gasteiger partial charge is 0.159 e. The van der Waals surface area contributed by atoms with Crippen LogP contribution in [0.5, 0.6) is 0 Å². The van der Waals surface area contributed by atoms with E-state index in [1.807, 2.05) is 7.05 Å². The largest absolute Gasteiger partial charge is 0.308 e. The molecule has 2 rings (SSSR count). The monoisotopic (exact) mass is 313 g/mol. The van der Waals surface area contributed by atoms with Gasteiger partial charge in [-0.3, -0.25) is 4.68 Å². The second-order valence-corrected chi connectivity index (χ2v) is 5.37. The Morgan fingerprint density at radius 2 is 2.10 bits per heavy atom. The van der Waals surface area contributed by atoms with Crippen LogP contribution in [-0.4, -0.2) is 16.3 Å². The molecule has 0 saturated heterocycles. The van der Waals surface area contributed by atoms with Crippen LogP contribution in [0.4, 0.5) is 8.78 Å². The molecule has 0 aliphatic heterocycles. The number of nitrogens with zero attached hydrogens (tertiary/aromatic N) is 2. The van der Waals surface area contributed by atoms with Gasteiger partial charge in [-0.2, -0.15) is 5.10 Å². The second kappa shape index (κ2) is 7.00. The molecular formula is C15H18ClF2N3. The van der Waals surface area contributed by atoms with Crippen molar-refractivity contribution in [1.29, 1.82) is 0 Å². The lowest BCUT2D eigenvalue weighted by Gasteiger charge is -2.19. The third kappa shape index (κ3) is 3.80. The van der Waals surface area contributed by atoms with E-state index in [1.54, 1.807) is 16.9 Å². The predicted molar refractivity (Wildman–Crippen MR) is 79.3 cm³/mol. The first-order valence-corrected chi connectivity index (χ1v) is 7.25. The van der Waals surface area contributed by atoms with Gasteiger partial charge in [-0.1, -0.05) is 24.6 Å². The van der Waals surface area contributed by atoms with Crippen LogP contribution in [0, 0.1) is 11.6 Å². The molecule has 0 saturated carbocycles. The van der Waals surface area contributed by atoms with Crippen molar-refractivity contribution in [3.63, 3.8) is 0 Å². The van der Waals surface area contributed by atoms with Crippen molar-refractivity contribution in [2.75, 3.05) is 6.54 Å². The van der Waals surface area contributed by atoms with Crippen molar-refractivity contribution in [2.45, 2.75) is 25.8 Å². The van der Waals surface area contributed by atoms with Crippen LogP contribution in [0.15, 0.2) is 24.4 Å². The van der Waals surface area contributed by atoms with Crippen molar-refractivity contribution in [3.05, 3.63) is 52.3 Å². The fourth-order valence-corrected chi connectivity index (χ4v) is 2.60. The van der Waals surface area contributed by atoms with Crippen LogP contribution in [-0.2, 0) is 13.5 Å². The molecular weight excluding hydrogens is 296 g/mol. The SMILES string of the molecule is CCCNC(Cc1ccc(F)c(F)c1)c1c(Cl)cnn1C. The Morgan fingerprint density at radius 3 is 2.67 bits per heavy atom. The van der Waals surface area contributed by atoms with E-state index in [9.17, 15) is 8.78 Å². The van der Waals surface area contributed by atoms with Crippen molar-refractivity contribution in [1.82, 2.24) is 15.1 Å². The van der Waals surface area contributed by atoms with Crippen molar-refractivity contribution in [3.8, 4) is 0 Å². The molecule has 0 fully saturated rings. The van der Waals surface area contributed by atoms with Crippen LogP contribution >= 0.6 is 11.6 Å². The molecule has 1 aromatic heterocycles. The molecule has 0 aliphatic carbocycles. The van der Waals surface area contributed by atoms with Gasteiger partial charge in [0.2, 0.25) is 0 Å². The molecule has 0 bridgehead atoms. The summed E-state index contributed by atoms with van der Waals surface area (Å²) in [4.78, 5) is 0. The third-order valence-corrected chi connectivity index (χ3v) is 3.62. The van der Waals surface area contributed by atoms with E-state index in [-0.39, 0.29) is 6.04 Å². The van der Waals surface area contributed by atoms with Crippen molar-refractivity contribution >= 4 is 11.6 Å². The second-order valence-electron chi connectivity index (χ2n) is 4.96. The lowest BCUT2D eigenvalue weighted by Crippen LogP contribution is -2.26. The van der Waals surface area contributed by atoms with E-state index in [0.717, 1.165) is 24.7 Å². The molecule has 1 aromatic carbocycles. The normalized spacial score (nSPS) is 12.6. The molecule has 1 atom stereocenters. The first-order valence-electron chi connectivity index (χ1n) is 6.87. The highest BCUT2D eigenvalue weighted by molar-refractivity contribution is 6.31. The Balaban J connectivity index is 2.26. The highest BCUT2D eigenvalue weighted by Gasteiger charge is 2.19. The zero-order valence-corrected chi connectivity index (χ0v) is 12.8. The summed E-state index contributed by atoms with van der Waals surface area (Å²) in [5, 5.41) is 8.07. The fourth-order valence-electron chi connectivity index (χ4n) is 2.30. The Kier molecular flexibility index (Phi) is 5.31. The molecule has 0 aliphatic rings. The average Bonchev–Trinajstić information content (AvgIpc) is 2.78. The van der Waals surface area contributed by atoms with E-state index in [1.165, 1.54) is 6.07 Å². The maximum absolute atomic E-state index is 13.3. The zero-order chi connectivity index (χ0) is 15.4. The molecule has 114 valence electrons. The van der Waals surface area contributed by atoms with Gasteiger partial charge in [0.1, 0.15) is 0 Å². The highest BCUT2D eigenvalue weighted by Crippen LogP contribution is 2.25.